The number of anilines is 1. The molecule has 0 bridgehead atoms. The molecule has 0 radical (unpaired) electrons. The lowest BCUT2D eigenvalue weighted by molar-refractivity contribution is 0.0495. The molecule has 1 saturated heterocycles. The van der Waals surface area contributed by atoms with Gasteiger partial charge in [0.15, 0.2) is 11.5 Å². The van der Waals surface area contributed by atoms with E-state index < -0.39 is 13.7 Å². The lowest BCUT2D eigenvalue weighted by Crippen LogP contribution is -2.46. The average Bonchev–Trinajstić information content (AvgIpc) is 3.03. The van der Waals surface area contributed by atoms with Gasteiger partial charge in [-0.05, 0) is 83.6 Å². The molecule has 3 rings (SSSR count). The fraction of sp³-hybridized carbons (Fsp3) is 0.708. The lowest BCUT2D eigenvalue weighted by atomic mass is 9.80. The standard InChI is InChI=1S/C24H39BrIN5O3Si/c1-23(2,3)34-22(32)27-15-24(4)8-10-30(11-9-24)21-19(25)28-18-17(26)14-31(20(18)29-21)16-33-12-13-35(5,6)7/h14H,8-13,15-16H2,1-7H3,(H,27,32). The Kier molecular flexibility index (Phi) is 9.18. The Morgan fingerprint density at radius 1 is 1.26 bits per heavy atom. The van der Waals surface area contributed by atoms with Gasteiger partial charge in [-0.1, -0.05) is 26.6 Å². The van der Waals surface area contributed by atoms with E-state index in [0.29, 0.717) is 13.3 Å². The summed E-state index contributed by atoms with van der Waals surface area (Å²) < 4.78 is 15.3. The van der Waals surface area contributed by atoms with Gasteiger partial charge in [-0.15, -0.1) is 0 Å². The smallest absolute Gasteiger partial charge is 0.407 e. The number of carbonyl (C=O) groups excluding carboxylic acids is 1. The first-order chi connectivity index (χ1) is 16.2. The number of alkyl carbamates (subject to hydrolysis) is 1. The van der Waals surface area contributed by atoms with Gasteiger partial charge < -0.3 is 24.3 Å². The molecular formula is C24H39BrIN5O3Si. The van der Waals surface area contributed by atoms with Crippen LogP contribution in [0.1, 0.15) is 40.5 Å². The van der Waals surface area contributed by atoms with Crippen molar-refractivity contribution in [3.8, 4) is 0 Å². The van der Waals surface area contributed by atoms with Gasteiger partial charge in [-0.3, -0.25) is 0 Å². The first-order valence-corrected chi connectivity index (χ1v) is 17.8. The minimum atomic E-state index is -1.12. The second-order valence-electron chi connectivity index (χ2n) is 12.0. The quantitative estimate of drug-likeness (QED) is 0.202. The van der Waals surface area contributed by atoms with Gasteiger partial charge in [0.05, 0.1) is 3.57 Å². The first kappa shape index (κ1) is 28.6. The van der Waals surface area contributed by atoms with Gasteiger partial charge in [0, 0.05) is 40.5 Å². The van der Waals surface area contributed by atoms with E-state index in [4.69, 9.17) is 19.4 Å². The molecule has 0 unspecified atom stereocenters. The molecule has 8 nitrogen and oxygen atoms in total. The van der Waals surface area contributed by atoms with E-state index in [9.17, 15) is 4.79 Å². The number of carbonyl (C=O) groups is 1. The number of hydrogen-bond acceptors (Lipinski definition) is 6. The normalized spacial score (nSPS) is 16.5. The van der Waals surface area contributed by atoms with E-state index in [0.717, 1.165) is 63.7 Å². The molecule has 0 spiro atoms. The Morgan fingerprint density at radius 3 is 2.51 bits per heavy atom. The third-order valence-electron chi connectivity index (χ3n) is 6.14. The molecule has 1 aliphatic rings. The van der Waals surface area contributed by atoms with Crippen molar-refractivity contribution < 1.29 is 14.3 Å². The van der Waals surface area contributed by atoms with Crippen LogP contribution in [0.15, 0.2) is 10.8 Å². The summed E-state index contributed by atoms with van der Waals surface area (Å²) in [6.45, 7) is 18.4. The van der Waals surface area contributed by atoms with Crippen molar-refractivity contribution in [3.05, 3.63) is 14.4 Å². The zero-order valence-electron chi connectivity index (χ0n) is 22.0. The second-order valence-corrected chi connectivity index (χ2v) is 19.5. The predicted octanol–water partition coefficient (Wildman–Crippen LogP) is 6.24. The van der Waals surface area contributed by atoms with Crippen molar-refractivity contribution in [1.82, 2.24) is 19.9 Å². The summed E-state index contributed by atoms with van der Waals surface area (Å²) in [5, 5.41) is 2.95. The summed E-state index contributed by atoms with van der Waals surface area (Å²) in [6.07, 6.45) is 3.58. The third-order valence-corrected chi connectivity index (χ3v) is 9.17. The summed E-state index contributed by atoms with van der Waals surface area (Å²) in [4.78, 5) is 24.2. The highest BCUT2D eigenvalue weighted by Gasteiger charge is 2.33. The van der Waals surface area contributed by atoms with E-state index in [1.54, 1.807) is 0 Å². The molecule has 11 heteroatoms. The van der Waals surface area contributed by atoms with Crippen LogP contribution in [0.5, 0.6) is 0 Å². The number of amides is 1. The Hall–Kier alpha value is -0.923. The number of piperidine rings is 1. The molecule has 0 saturated carbocycles. The molecule has 3 heterocycles. The molecule has 0 atom stereocenters. The van der Waals surface area contributed by atoms with E-state index in [1.165, 1.54) is 0 Å². The van der Waals surface area contributed by atoms with E-state index in [1.807, 2.05) is 20.8 Å². The molecular weight excluding hydrogens is 641 g/mol. The van der Waals surface area contributed by atoms with Gasteiger partial charge >= 0.3 is 6.09 Å². The Balaban J connectivity index is 1.65. The number of ether oxygens (including phenoxy) is 2. The van der Waals surface area contributed by atoms with Crippen LogP contribution in [0, 0.1) is 8.99 Å². The lowest BCUT2D eigenvalue weighted by Gasteiger charge is -2.40. The average molecular weight is 681 g/mol. The maximum absolute atomic E-state index is 12.1. The molecule has 2 aromatic heterocycles. The molecule has 35 heavy (non-hydrogen) atoms. The molecule has 2 aromatic rings. The predicted molar refractivity (Wildman–Crippen MR) is 156 cm³/mol. The molecule has 196 valence electrons. The van der Waals surface area contributed by atoms with Gasteiger partial charge in [-0.2, -0.15) is 0 Å². The van der Waals surface area contributed by atoms with Crippen LogP contribution in [-0.4, -0.2) is 60.5 Å². The molecule has 1 N–H and O–H groups in total. The summed E-state index contributed by atoms with van der Waals surface area (Å²) in [7, 11) is -1.12. The van der Waals surface area contributed by atoms with Crippen molar-refractivity contribution >= 4 is 69.7 Å². The van der Waals surface area contributed by atoms with Gasteiger partial charge in [-0.25, -0.2) is 14.8 Å². The molecule has 1 aliphatic heterocycles. The summed E-state index contributed by atoms with van der Waals surface area (Å²) in [5.41, 5.74) is 1.25. The Bertz CT molecular complexity index is 1040. The highest BCUT2D eigenvalue weighted by Crippen LogP contribution is 2.35. The number of halogens is 2. The van der Waals surface area contributed by atoms with Crippen molar-refractivity contribution in [2.45, 2.75) is 78.6 Å². The topological polar surface area (TPSA) is 81.5 Å². The van der Waals surface area contributed by atoms with Crippen LogP contribution in [0.25, 0.3) is 11.2 Å². The monoisotopic (exact) mass is 679 g/mol. The number of nitrogens with zero attached hydrogens (tertiary/aromatic N) is 4. The second kappa shape index (κ2) is 11.2. The number of fused-ring (bicyclic) bond motifs is 1. The molecule has 1 amide bonds. The number of nitrogens with one attached hydrogen (secondary N) is 1. The maximum atomic E-state index is 12.1. The van der Waals surface area contributed by atoms with Crippen molar-refractivity contribution in [2.24, 2.45) is 5.41 Å². The van der Waals surface area contributed by atoms with Gasteiger partial charge in [0.25, 0.3) is 0 Å². The minimum Gasteiger partial charge on any atom is -0.444 e. The number of hydrogen-bond donors (Lipinski definition) is 1. The van der Waals surface area contributed by atoms with Crippen molar-refractivity contribution in [2.75, 3.05) is 31.1 Å². The largest absolute Gasteiger partial charge is 0.444 e. The SMILES string of the molecule is CC1(CNC(=O)OC(C)(C)C)CCN(c2nc3c(nc2Br)c(I)cn3COCC[Si](C)(C)C)CC1. The van der Waals surface area contributed by atoms with E-state index >= 15 is 0 Å². The zero-order valence-corrected chi connectivity index (χ0v) is 26.7. The maximum Gasteiger partial charge on any atom is 0.407 e. The fourth-order valence-corrected chi connectivity index (χ4v) is 5.86. The Morgan fingerprint density at radius 2 is 1.91 bits per heavy atom. The number of aromatic nitrogens is 3. The molecule has 0 aromatic carbocycles. The van der Waals surface area contributed by atoms with E-state index in [2.05, 4.69) is 86.1 Å². The minimum absolute atomic E-state index is 0.0111. The van der Waals surface area contributed by atoms with Crippen LogP contribution in [0.3, 0.4) is 0 Å². The summed E-state index contributed by atoms with van der Waals surface area (Å²) >= 11 is 5.97. The molecule has 0 aliphatic carbocycles. The fourth-order valence-electron chi connectivity index (χ4n) is 3.89. The van der Waals surface area contributed by atoms with Crippen LogP contribution < -0.4 is 10.2 Å². The van der Waals surface area contributed by atoms with Crippen LogP contribution in [-0.2, 0) is 16.2 Å². The summed E-state index contributed by atoms with van der Waals surface area (Å²) in [6, 6.07) is 1.14. The zero-order chi connectivity index (χ0) is 26.0. The van der Waals surface area contributed by atoms with E-state index in [-0.39, 0.29) is 11.5 Å². The van der Waals surface area contributed by atoms with Crippen molar-refractivity contribution in [1.29, 1.82) is 0 Å². The van der Waals surface area contributed by atoms with Gasteiger partial charge in [0.1, 0.15) is 22.5 Å². The first-order valence-electron chi connectivity index (χ1n) is 12.2. The highest BCUT2D eigenvalue weighted by molar-refractivity contribution is 14.1. The highest BCUT2D eigenvalue weighted by atomic mass is 127. The summed E-state index contributed by atoms with van der Waals surface area (Å²) in [5.74, 6) is 0.859. The third kappa shape index (κ3) is 8.29. The van der Waals surface area contributed by atoms with Gasteiger partial charge in [0.2, 0.25) is 0 Å². The Labute approximate surface area is 232 Å². The van der Waals surface area contributed by atoms with Crippen LogP contribution in [0.2, 0.25) is 25.7 Å². The number of rotatable bonds is 8. The van der Waals surface area contributed by atoms with Crippen LogP contribution >= 0.6 is 38.5 Å². The van der Waals surface area contributed by atoms with Crippen molar-refractivity contribution in [3.63, 3.8) is 0 Å². The van der Waals surface area contributed by atoms with Crippen LogP contribution in [0.4, 0.5) is 10.6 Å². The molecule has 1 fully saturated rings.